The first-order chi connectivity index (χ1) is 8.93. The van der Waals surface area contributed by atoms with Crippen molar-refractivity contribution in [3.05, 3.63) is 29.8 Å². The van der Waals surface area contributed by atoms with E-state index < -0.39 is 0 Å². The van der Waals surface area contributed by atoms with E-state index in [4.69, 9.17) is 12.2 Å². The van der Waals surface area contributed by atoms with Crippen LogP contribution in [0.3, 0.4) is 0 Å². The summed E-state index contributed by atoms with van der Waals surface area (Å²) in [5.74, 6) is 0.0213. The van der Waals surface area contributed by atoms with E-state index in [-0.39, 0.29) is 12.5 Å². The Morgan fingerprint density at radius 3 is 2.26 bits per heavy atom. The van der Waals surface area contributed by atoms with E-state index in [9.17, 15) is 4.79 Å². The van der Waals surface area contributed by atoms with Crippen molar-refractivity contribution in [2.45, 2.75) is 13.3 Å². The second kappa shape index (κ2) is 7.09. The molecule has 1 N–H and O–H groups in total. The lowest BCUT2D eigenvalue weighted by molar-refractivity contribution is -0.128. The van der Waals surface area contributed by atoms with E-state index in [1.54, 1.807) is 30.9 Å². The predicted octanol–water partition coefficient (Wildman–Crippen LogP) is 1.97. The number of carbonyl (C=O) groups excluding carboxylic acids is 1. The molecule has 0 unspecified atom stereocenters. The summed E-state index contributed by atoms with van der Waals surface area (Å²) in [6.45, 7) is 2.39. The van der Waals surface area contributed by atoms with Crippen LogP contribution in [0.15, 0.2) is 24.3 Å². The van der Waals surface area contributed by atoms with Gasteiger partial charge in [0.15, 0.2) is 5.11 Å². The molecule has 0 saturated carbocycles. The number of hydrogen-bond acceptors (Lipinski definition) is 2. The van der Waals surface area contributed by atoms with Crippen molar-refractivity contribution in [3.8, 4) is 0 Å². The van der Waals surface area contributed by atoms with Gasteiger partial charge in [0, 0.05) is 26.8 Å². The number of amides is 1. The molecule has 0 aliphatic carbocycles. The highest BCUT2D eigenvalue weighted by atomic mass is 32.1. The van der Waals surface area contributed by atoms with Crippen molar-refractivity contribution in [2.75, 3.05) is 33.0 Å². The minimum absolute atomic E-state index is 0.0213. The summed E-state index contributed by atoms with van der Waals surface area (Å²) in [5, 5.41) is 3.67. The Morgan fingerprint density at radius 2 is 1.79 bits per heavy atom. The van der Waals surface area contributed by atoms with Crippen LogP contribution in [0.25, 0.3) is 0 Å². The molecule has 1 rings (SSSR count). The third kappa shape index (κ3) is 4.87. The van der Waals surface area contributed by atoms with Crippen LogP contribution in [0.5, 0.6) is 0 Å². The Morgan fingerprint density at radius 1 is 1.21 bits per heavy atom. The van der Waals surface area contributed by atoms with Crippen LogP contribution in [0.4, 0.5) is 5.69 Å². The van der Waals surface area contributed by atoms with Crippen LogP contribution in [-0.4, -0.2) is 48.5 Å². The Hall–Kier alpha value is -1.62. The lowest BCUT2D eigenvalue weighted by Crippen LogP contribution is -2.39. The van der Waals surface area contributed by atoms with Crippen molar-refractivity contribution in [2.24, 2.45) is 0 Å². The van der Waals surface area contributed by atoms with Gasteiger partial charge in [-0.05, 0) is 36.3 Å². The number of nitrogens with one attached hydrogen (secondary N) is 1. The number of thiocarbonyl (C=S) groups is 1. The third-order valence-electron chi connectivity index (χ3n) is 2.83. The molecule has 1 amide bonds. The molecule has 0 aliphatic heterocycles. The van der Waals surface area contributed by atoms with Gasteiger partial charge in [-0.1, -0.05) is 19.1 Å². The number of hydrogen-bond donors (Lipinski definition) is 1. The molecule has 0 aliphatic rings. The molecule has 104 valence electrons. The number of anilines is 1. The Labute approximate surface area is 120 Å². The molecule has 0 fully saturated rings. The van der Waals surface area contributed by atoms with Gasteiger partial charge in [-0.25, -0.2) is 0 Å². The fourth-order valence-electron chi connectivity index (χ4n) is 1.46. The molecular formula is C14H21N3OS. The van der Waals surface area contributed by atoms with Crippen molar-refractivity contribution >= 4 is 28.9 Å². The molecule has 4 nitrogen and oxygen atoms in total. The molecule has 0 bridgehead atoms. The lowest BCUT2D eigenvalue weighted by atomic mass is 10.1. The van der Waals surface area contributed by atoms with Gasteiger partial charge in [-0.2, -0.15) is 0 Å². The summed E-state index contributed by atoms with van der Waals surface area (Å²) in [6, 6.07) is 8.12. The Balaban J connectivity index is 2.55. The van der Waals surface area contributed by atoms with Crippen molar-refractivity contribution < 1.29 is 4.79 Å². The molecule has 5 heteroatoms. The molecule has 1 aromatic rings. The molecule has 0 radical (unpaired) electrons. The van der Waals surface area contributed by atoms with Gasteiger partial charge < -0.3 is 15.1 Å². The fraction of sp³-hybridized carbons (Fsp3) is 0.429. The van der Waals surface area contributed by atoms with E-state index in [0.29, 0.717) is 5.11 Å². The second-order valence-electron chi connectivity index (χ2n) is 4.62. The van der Waals surface area contributed by atoms with Crippen molar-refractivity contribution in [1.82, 2.24) is 9.80 Å². The smallest absolute Gasteiger partial charge is 0.241 e. The van der Waals surface area contributed by atoms with Crippen LogP contribution >= 0.6 is 12.2 Å². The summed E-state index contributed by atoms with van der Waals surface area (Å²) >= 11 is 5.27. The number of likely N-dealkylation sites (N-methyl/N-ethyl adjacent to an activating group) is 2. The summed E-state index contributed by atoms with van der Waals surface area (Å²) in [5.41, 5.74) is 2.22. The second-order valence-corrected chi connectivity index (χ2v) is 5.01. The van der Waals surface area contributed by atoms with E-state index in [1.165, 1.54) is 5.56 Å². The zero-order chi connectivity index (χ0) is 14.4. The van der Waals surface area contributed by atoms with Crippen molar-refractivity contribution in [1.29, 1.82) is 0 Å². The van der Waals surface area contributed by atoms with Gasteiger partial charge >= 0.3 is 0 Å². The maximum atomic E-state index is 11.6. The van der Waals surface area contributed by atoms with E-state index in [2.05, 4.69) is 24.4 Å². The molecular weight excluding hydrogens is 258 g/mol. The third-order valence-corrected chi connectivity index (χ3v) is 3.25. The van der Waals surface area contributed by atoms with E-state index in [0.717, 1.165) is 12.1 Å². The fourth-order valence-corrected chi connectivity index (χ4v) is 1.64. The first-order valence-corrected chi connectivity index (χ1v) is 6.66. The highest BCUT2D eigenvalue weighted by molar-refractivity contribution is 7.80. The predicted molar refractivity (Wildman–Crippen MR) is 83.4 cm³/mol. The SMILES string of the molecule is CCc1ccc(NC(=S)N(C)CC(=O)N(C)C)cc1. The number of benzene rings is 1. The van der Waals surface area contributed by atoms with Gasteiger partial charge in [0.25, 0.3) is 0 Å². The first-order valence-electron chi connectivity index (χ1n) is 6.25. The molecule has 0 atom stereocenters. The summed E-state index contributed by atoms with van der Waals surface area (Å²) < 4.78 is 0. The quantitative estimate of drug-likeness (QED) is 0.855. The molecule has 0 spiro atoms. The molecule has 0 saturated heterocycles. The zero-order valence-corrected chi connectivity index (χ0v) is 12.8. The standard InChI is InChI=1S/C14H21N3OS/c1-5-11-6-8-12(9-7-11)15-14(19)17(4)10-13(18)16(2)3/h6-9H,5,10H2,1-4H3,(H,15,19). The maximum Gasteiger partial charge on any atom is 0.241 e. The highest BCUT2D eigenvalue weighted by Gasteiger charge is 2.11. The summed E-state index contributed by atoms with van der Waals surface area (Å²) in [4.78, 5) is 14.9. The summed E-state index contributed by atoms with van der Waals surface area (Å²) in [6.07, 6.45) is 1.02. The van der Waals surface area contributed by atoms with Crippen LogP contribution < -0.4 is 5.32 Å². The van der Waals surface area contributed by atoms with Gasteiger partial charge in [0.1, 0.15) is 0 Å². The largest absolute Gasteiger partial charge is 0.347 e. The van der Waals surface area contributed by atoms with Gasteiger partial charge in [-0.15, -0.1) is 0 Å². The van der Waals surface area contributed by atoms with Crippen LogP contribution in [0.2, 0.25) is 0 Å². The monoisotopic (exact) mass is 279 g/mol. The van der Waals surface area contributed by atoms with Crippen molar-refractivity contribution in [3.63, 3.8) is 0 Å². The normalized spacial score (nSPS) is 9.89. The van der Waals surface area contributed by atoms with Crippen LogP contribution in [0, 0.1) is 0 Å². The number of aryl methyl sites for hydroxylation is 1. The Bertz CT molecular complexity index is 443. The topological polar surface area (TPSA) is 35.6 Å². The molecule has 0 heterocycles. The molecule has 1 aromatic carbocycles. The lowest BCUT2D eigenvalue weighted by Gasteiger charge is -2.22. The number of rotatable bonds is 4. The average Bonchev–Trinajstić information content (AvgIpc) is 2.39. The molecule has 0 aromatic heterocycles. The van der Waals surface area contributed by atoms with Crippen LogP contribution in [-0.2, 0) is 11.2 Å². The maximum absolute atomic E-state index is 11.6. The zero-order valence-electron chi connectivity index (χ0n) is 11.9. The average molecular weight is 279 g/mol. The van der Waals surface area contributed by atoms with Gasteiger partial charge in [-0.3, -0.25) is 4.79 Å². The van der Waals surface area contributed by atoms with E-state index in [1.807, 2.05) is 12.1 Å². The number of carbonyl (C=O) groups is 1. The van der Waals surface area contributed by atoms with Gasteiger partial charge in [0.05, 0.1) is 6.54 Å². The summed E-state index contributed by atoms with van der Waals surface area (Å²) in [7, 11) is 5.27. The van der Waals surface area contributed by atoms with Crippen LogP contribution in [0.1, 0.15) is 12.5 Å². The van der Waals surface area contributed by atoms with Gasteiger partial charge in [0.2, 0.25) is 5.91 Å². The molecule has 19 heavy (non-hydrogen) atoms. The minimum atomic E-state index is 0.0213. The van der Waals surface area contributed by atoms with E-state index >= 15 is 0 Å². The Kier molecular flexibility index (Phi) is 5.76. The minimum Gasteiger partial charge on any atom is -0.347 e. The highest BCUT2D eigenvalue weighted by Crippen LogP contribution is 2.10. The first kappa shape index (κ1) is 15.4. The number of nitrogens with zero attached hydrogens (tertiary/aromatic N) is 2.